The minimum atomic E-state index is -8.98. The largest absolute Gasteiger partial charge is 0.473 e. The van der Waals surface area contributed by atoms with Crippen LogP contribution in [0.5, 0.6) is 0 Å². The van der Waals surface area contributed by atoms with Crippen LogP contribution in [-0.4, -0.2) is 66.1 Å². The summed E-state index contributed by atoms with van der Waals surface area (Å²) in [6, 6.07) is 0. The second-order valence-corrected chi connectivity index (χ2v) is 6.00. The quantitative estimate of drug-likeness (QED) is 0.169. The smallest absolute Gasteiger partial charge is 0.393 e. The van der Waals surface area contributed by atoms with Crippen molar-refractivity contribution in [2.45, 2.75) is 53.5 Å². The van der Waals surface area contributed by atoms with Crippen molar-refractivity contribution >= 4 is 5.97 Å². The monoisotopic (exact) mass is 554 g/mol. The summed E-state index contributed by atoms with van der Waals surface area (Å²) in [5, 5.41) is 0. The van der Waals surface area contributed by atoms with Crippen LogP contribution in [0.3, 0.4) is 0 Å². The highest BCUT2D eigenvalue weighted by atomic mass is 19.4. The van der Waals surface area contributed by atoms with E-state index in [9.17, 15) is 88.2 Å². The van der Waals surface area contributed by atoms with Gasteiger partial charge in [-0.2, -0.15) is 79.0 Å². The molecule has 0 radical (unpaired) electrons. The van der Waals surface area contributed by atoms with Crippen LogP contribution in [0.1, 0.15) is 0 Å². The first-order valence-corrected chi connectivity index (χ1v) is 7.33. The summed E-state index contributed by atoms with van der Waals surface area (Å²) in [5.74, 6) is -70.3. The molecule has 21 heteroatoms. The standard InChI is InChI=1S/C13H5F19O2/c1-2-4(33)34-13(31,32)12(29,30)11(27,28)10(25,26)9(23,24)8(21,22)7(19,20)6(17,18)5(15,16)3-14/h2H,1,3H2. The Balaban J connectivity index is 6.92. The molecule has 0 rings (SSSR count). The van der Waals surface area contributed by atoms with Gasteiger partial charge in [0, 0.05) is 6.08 Å². The maximum Gasteiger partial charge on any atom is 0.473 e. The van der Waals surface area contributed by atoms with Crippen LogP contribution in [0, 0.1) is 0 Å². The van der Waals surface area contributed by atoms with Crippen molar-refractivity contribution in [3.63, 3.8) is 0 Å². The van der Waals surface area contributed by atoms with Gasteiger partial charge in [-0.05, 0) is 0 Å². The maximum atomic E-state index is 13.4. The molecule has 0 spiro atoms. The first kappa shape index (κ1) is 31.9. The van der Waals surface area contributed by atoms with Gasteiger partial charge in [0.1, 0.15) is 0 Å². The Bertz CT molecular complexity index is 783. The Labute approximate surface area is 173 Å². The summed E-state index contributed by atoms with van der Waals surface area (Å²) in [6.45, 7) is -1.82. The number of carbonyl (C=O) groups excluding carboxylic acids is 1. The first-order valence-electron chi connectivity index (χ1n) is 7.33. The first-order chi connectivity index (χ1) is 14.5. The fraction of sp³-hybridized carbons (Fsp3) is 0.769. The van der Waals surface area contributed by atoms with E-state index >= 15 is 0 Å². The Kier molecular flexibility index (Phi) is 7.72. The van der Waals surface area contributed by atoms with E-state index in [2.05, 4.69) is 11.3 Å². The summed E-state index contributed by atoms with van der Waals surface area (Å²) < 4.78 is 251. The number of ether oxygens (including phenoxy) is 1. The lowest BCUT2D eigenvalue weighted by atomic mass is 9.87. The van der Waals surface area contributed by atoms with Crippen molar-refractivity contribution in [3.05, 3.63) is 12.7 Å². The Morgan fingerprint density at radius 2 is 0.824 bits per heavy atom. The minimum absolute atomic E-state index is 0.531. The van der Waals surface area contributed by atoms with Crippen LogP contribution >= 0.6 is 0 Å². The molecule has 0 aromatic heterocycles. The lowest BCUT2D eigenvalue weighted by Gasteiger charge is -2.43. The van der Waals surface area contributed by atoms with Crippen LogP contribution < -0.4 is 0 Å². The van der Waals surface area contributed by atoms with Crippen LogP contribution in [0.15, 0.2) is 12.7 Å². The van der Waals surface area contributed by atoms with E-state index in [1.165, 1.54) is 0 Å². The Morgan fingerprint density at radius 3 is 1.09 bits per heavy atom. The molecule has 34 heavy (non-hydrogen) atoms. The fourth-order valence-corrected chi connectivity index (χ4v) is 1.71. The minimum Gasteiger partial charge on any atom is -0.393 e. The molecule has 0 amide bonds. The lowest BCUT2D eigenvalue weighted by molar-refractivity contribution is -0.474. The van der Waals surface area contributed by atoms with Crippen molar-refractivity contribution in [1.29, 1.82) is 0 Å². The van der Waals surface area contributed by atoms with Gasteiger partial charge < -0.3 is 4.74 Å². The second kappa shape index (κ2) is 8.23. The van der Waals surface area contributed by atoms with Gasteiger partial charge in [-0.1, -0.05) is 6.58 Å². The number of hydrogen-bond acceptors (Lipinski definition) is 2. The molecular weight excluding hydrogens is 549 g/mol. The third kappa shape index (κ3) is 3.91. The number of alkyl halides is 19. The molecule has 0 aromatic carbocycles. The SMILES string of the molecule is C=CC(=O)OC(F)(F)C(F)(F)C(F)(F)C(F)(F)C(F)(F)C(F)(F)C(F)(F)C(F)(F)C(F)(F)CF. The van der Waals surface area contributed by atoms with Gasteiger partial charge in [0.2, 0.25) is 0 Å². The molecule has 0 aromatic rings. The van der Waals surface area contributed by atoms with Crippen molar-refractivity contribution < 1.29 is 92.9 Å². The third-order valence-corrected chi connectivity index (χ3v) is 3.75. The van der Waals surface area contributed by atoms with Crippen molar-refractivity contribution in [1.82, 2.24) is 0 Å². The molecule has 202 valence electrons. The van der Waals surface area contributed by atoms with Crippen LogP contribution in [0.4, 0.5) is 83.4 Å². The molecule has 0 N–H and O–H groups in total. The zero-order valence-electron chi connectivity index (χ0n) is 15.0. The molecule has 0 unspecified atom stereocenters. The van der Waals surface area contributed by atoms with Gasteiger partial charge >= 0.3 is 59.5 Å². The summed E-state index contributed by atoms with van der Waals surface area (Å²) in [5.41, 5.74) is 0. The highest BCUT2D eigenvalue weighted by Crippen LogP contribution is 2.65. The molecule has 0 heterocycles. The summed E-state index contributed by atoms with van der Waals surface area (Å²) in [7, 11) is 0. The van der Waals surface area contributed by atoms with Gasteiger partial charge in [-0.25, -0.2) is 9.18 Å². The average Bonchev–Trinajstić information content (AvgIpc) is 2.65. The summed E-state index contributed by atoms with van der Waals surface area (Å²) in [4.78, 5) is 10.4. The number of carbonyl (C=O) groups is 1. The van der Waals surface area contributed by atoms with E-state index in [1.54, 1.807) is 0 Å². The number of hydrogen-bond donors (Lipinski definition) is 0. The molecular formula is C13H5F19O2. The normalized spacial score (nSPS) is 15.9. The average molecular weight is 554 g/mol. The van der Waals surface area contributed by atoms with Crippen LogP contribution in [0.2, 0.25) is 0 Å². The van der Waals surface area contributed by atoms with Gasteiger partial charge in [-0.3, -0.25) is 0 Å². The maximum absolute atomic E-state index is 13.4. The number of halogens is 19. The molecule has 0 aliphatic rings. The van der Waals surface area contributed by atoms with Gasteiger partial charge in [0.05, 0.1) is 0 Å². The highest BCUT2D eigenvalue weighted by Gasteiger charge is 2.96. The molecule has 0 aliphatic heterocycles. The fourth-order valence-electron chi connectivity index (χ4n) is 1.71. The second-order valence-electron chi connectivity index (χ2n) is 6.00. The van der Waals surface area contributed by atoms with E-state index in [0.717, 1.165) is 0 Å². The van der Waals surface area contributed by atoms with Gasteiger partial charge in [0.25, 0.3) is 0 Å². The molecule has 0 atom stereocenters. The van der Waals surface area contributed by atoms with Crippen LogP contribution in [-0.2, 0) is 9.53 Å². The van der Waals surface area contributed by atoms with E-state index in [-0.39, 0.29) is 0 Å². The predicted octanol–water partition coefficient (Wildman–Crippen LogP) is 6.36. The molecule has 2 nitrogen and oxygen atoms in total. The van der Waals surface area contributed by atoms with Crippen molar-refractivity contribution in [3.8, 4) is 0 Å². The lowest BCUT2D eigenvalue weighted by Crippen LogP contribution is -2.76. The molecule has 0 saturated carbocycles. The summed E-state index contributed by atoms with van der Waals surface area (Å²) in [6.07, 6.45) is -7.85. The van der Waals surface area contributed by atoms with Crippen molar-refractivity contribution in [2.24, 2.45) is 0 Å². The van der Waals surface area contributed by atoms with Gasteiger partial charge in [-0.15, -0.1) is 0 Å². The van der Waals surface area contributed by atoms with E-state index in [0.29, 0.717) is 0 Å². The van der Waals surface area contributed by atoms with Crippen molar-refractivity contribution in [2.75, 3.05) is 6.67 Å². The predicted molar refractivity (Wildman–Crippen MR) is 66.8 cm³/mol. The van der Waals surface area contributed by atoms with E-state index < -0.39 is 72.2 Å². The number of esters is 1. The van der Waals surface area contributed by atoms with Crippen LogP contribution in [0.25, 0.3) is 0 Å². The summed E-state index contributed by atoms with van der Waals surface area (Å²) >= 11 is 0. The third-order valence-electron chi connectivity index (χ3n) is 3.75. The Hall–Kier alpha value is -2.12. The molecule has 0 bridgehead atoms. The molecule has 0 saturated heterocycles. The zero-order chi connectivity index (χ0) is 28.2. The topological polar surface area (TPSA) is 26.3 Å². The highest BCUT2D eigenvalue weighted by molar-refractivity contribution is 5.81. The van der Waals surface area contributed by atoms with E-state index in [4.69, 9.17) is 0 Å². The molecule has 0 aliphatic carbocycles. The van der Waals surface area contributed by atoms with Gasteiger partial charge in [0.15, 0.2) is 6.67 Å². The van der Waals surface area contributed by atoms with E-state index in [1.807, 2.05) is 0 Å². The molecule has 0 fully saturated rings. The zero-order valence-corrected chi connectivity index (χ0v) is 15.0. The number of rotatable bonds is 11. The Morgan fingerprint density at radius 1 is 0.559 bits per heavy atom.